The summed E-state index contributed by atoms with van der Waals surface area (Å²) >= 11 is 0. The fourth-order valence-corrected chi connectivity index (χ4v) is 3.69. The first-order valence-electron chi connectivity index (χ1n) is 9.59. The minimum Gasteiger partial charge on any atom is -0.485 e. The predicted octanol–water partition coefficient (Wildman–Crippen LogP) is 4.14. The standard InChI is InChI=1S/C23H20FNO4/c1-14-6-8-15(9-7-14)21(26)13-29-16-10-11-20(19(24)12-16)25-22(27)17-4-2-3-5-18(17)23(25)28/h6-12H,2-5,13H2,1H3. The maximum atomic E-state index is 14.7. The maximum Gasteiger partial charge on any atom is 0.261 e. The highest BCUT2D eigenvalue weighted by Crippen LogP contribution is 2.37. The molecule has 0 fully saturated rings. The number of amides is 2. The molecular formula is C23H20FNO4. The first-order chi connectivity index (χ1) is 14.0. The molecule has 1 aliphatic carbocycles. The quantitative estimate of drug-likeness (QED) is 0.566. The molecule has 2 aromatic carbocycles. The third-order valence-electron chi connectivity index (χ3n) is 5.29. The van der Waals surface area contributed by atoms with E-state index in [9.17, 15) is 18.8 Å². The Bertz CT molecular complexity index is 1010. The number of aryl methyl sites for hydroxylation is 1. The lowest BCUT2D eigenvalue weighted by Gasteiger charge is -2.16. The van der Waals surface area contributed by atoms with Crippen LogP contribution in [0, 0.1) is 12.7 Å². The third-order valence-corrected chi connectivity index (χ3v) is 5.29. The second-order valence-electron chi connectivity index (χ2n) is 7.30. The van der Waals surface area contributed by atoms with Gasteiger partial charge in [0.1, 0.15) is 5.75 Å². The molecule has 29 heavy (non-hydrogen) atoms. The van der Waals surface area contributed by atoms with Gasteiger partial charge in [0.25, 0.3) is 11.8 Å². The number of imide groups is 1. The number of halogens is 1. The van der Waals surface area contributed by atoms with Gasteiger partial charge in [0.05, 0.1) is 5.69 Å². The smallest absolute Gasteiger partial charge is 0.261 e. The average molecular weight is 393 g/mol. The fraction of sp³-hybridized carbons (Fsp3) is 0.261. The Labute approximate surface area is 167 Å². The Morgan fingerprint density at radius 2 is 1.62 bits per heavy atom. The third kappa shape index (κ3) is 3.58. The average Bonchev–Trinajstić information content (AvgIpc) is 2.98. The van der Waals surface area contributed by atoms with Crippen molar-refractivity contribution >= 4 is 23.3 Å². The van der Waals surface area contributed by atoms with Crippen LogP contribution < -0.4 is 9.64 Å². The van der Waals surface area contributed by atoms with Gasteiger partial charge in [-0.25, -0.2) is 9.29 Å². The summed E-state index contributed by atoms with van der Waals surface area (Å²) < 4.78 is 20.1. The number of hydrogen-bond acceptors (Lipinski definition) is 4. The number of hydrogen-bond donors (Lipinski definition) is 0. The van der Waals surface area contributed by atoms with E-state index in [0.29, 0.717) is 29.6 Å². The van der Waals surface area contributed by atoms with Gasteiger partial charge in [0.2, 0.25) is 0 Å². The number of anilines is 1. The number of carbonyl (C=O) groups is 3. The molecule has 1 heterocycles. The molecule has 0 radical (unpaired) electrons. The van der Waals surface area contributed by atoms with E-state index in [1.807, 2.05) is 19.1 Å². The van der Waals surface area contributed by atoms with Gasteiger partial charge in [-0.3, -0.25) is 14.4 Å². The molecule has 0 bridgehead atoms. The molecule has 0 saturated carbocycles. The van der Waals surface area contributed by atoms with Crippen LogP contribution in [0.15, 0.2) is 53.6 Å². The van der Waals surface area contributed by atoms with Crippen molar-refractivity contribution in [1.82, 2.24) is 0 Å². The Morgan fingerprint density at radius 1 is 1.00 bits per heavy atom. The lowest BCUT2D eigenvalue weighted by molar-refractivity contribution is -0.120. The van der Waals surface area contributed by atoms with Gasteiger partial charge in [-0.1, -0.05) is 29.8 Å². The molecule has 0 saturated heterocycles. The topological polar surface area (TPSA) is 63.7 Å². The summed E-state index contributed by atoms with van der Waals surface area (Å²) in [4.78, 5) is 38.3. The summed E-state index contributed by atoms with van der Waals surface area (Å²) in [5.41, 5.74) is 2.47. The summed E-state index contributed by atoms with van der Waals surface area (Å²) in [6.07, 6.45) is 2.83. The van der Waals surface area contributed by atoms with Crippen molar-refractivity contribution in [1.29, 1.82) is 0 Å². The minimum atomic E-state index is -0.744. The minimum absolute atomic E-state index is 0.0911. The van der Waals surface area contributed by atoms with Crippen LogP contribution in [0.1, 0.15) is 41.6 Å². The molecule has 148 valence electrons. The molecule has 5 nitrogen and oxygen atoms in total. The van der Waals surface area contributed by atoms with Gasteiger partial charge < -0.3 is 4.74 Å². The normalized spacial score (nSPS) is 16.3. The van der Waals surface area contributed by atoms with Crippen molar-refractivity contribution in [3.8, 4) is 5.75 Å². The molecule has 2 aromatic rings. The molecule has 0 spiro atoms. The Morgan fingerprint density at radius 3 is 2.21 bits per heavy atom. The van der Waals surface area contributed by atoms with Gasteiger partial charge in [-0.05, 0) is 44.7 Å². The van der Waals surface area contributed by atoms with E-state index in [2.05, 4.69) is 0 Å². The summed E-state index contributed by atoms with van der Waals surface area (Å²) in [5.74, 6) is -1.69. The highest BCUT2D eigenvalue weighted by molar-refractivity contribution is 6.33. The van der Waals surface area contributed by atoms with Crippen molar-refractivity contribution in [3.63, 3.8) is 0 Å². The van der Waals surface area contributed by atoms with Crippen LogP contribution in [0.5, 0.6) is 5.75 Å². The van der Waals surface area contributed by atoms with Gasteiger partial charge >= 0.3 is 0 Å². The van der Waals surface area contributed by atoms with Crippen LogP contribution in [-0.2, 0) is 9.59 Å². The number of rotatable bonds is 5. The summed E-state index contributed by atoms with van der Waals surface area (Å²) in [6, 6.07) is 11.0. The van der Waals surface area contributed by atoms with Crippen LogP contribution in [-0.4, -0.2) is 24.2 Å². The maximum absolute atomic E-state index is 14.7. The molecule has 0 aromatic heterocycles. The number of Topliss-reactive ketones (excluding diaryl/α,β-unsaturated/α-hetero) is 1. The second kappa shape index (κ2) is 7.62. The Hall–Kier alpha value is -3.28. The molecular weight excluding hydrogens is 373 g/mol. The number of nitrogens with zero attached hydrogens (tertiary/aromatic N) is 1. The molecule has 6 heteroatoms. The van der Waals surface area contributed by atoms with Crippen LogP contribution >= 0.6 is 0 Å². The number of benzene rings is 2. The highest BCUT2D eigenvalue weighted by atomic mass is 19.1. The van der Waals surface area contributed by atoms with Crippen LogP contribution in [0.2, 0.25) is 0 Å². The fourth-order valence-electron chi connectivity index (χ4n) is 3.69. The lowest BCUT2D eigenvalue weighted by Crippen LogP contribution is -2.32. The van der Waals surface area contributed by atoms with Crippen molar-refractivity contribution in [2.75, 3.05) is 11.5 Å². The van der Waals surface area contributed by atoms with E-state index in [4.69, 9.17) is 4.74 Å². The summed E-state index contributed by atoms with van der Waals surface area (Å²) in [6.45, 7) is 1.69. The van der Waals surface area contributed by atoms with E-state index in [-0.39, 0.29) is 23.8 Å². The lowest BCUT2D eigenvalue weighted by atomic mass is 9.93. The molecule has 2 amide bonds. The van der Waals surface area contributed by atoms with E-state index >= 15 is 0 Å². The number of carbonyl (C=O) groups excluding carboxylic acids is 3. The van der Waals surface area contributed by atoms with Gasteiger partial charge in [-0.15, -0.1) is 0 Å². The zero-order valence-corrected chi connectivity index (χ0v) is 16.0. The first kappa shape index (κ1) is 19.1. The number of ether oxygens (including phenoxy) is 1. The van der Waals surface area contributed by atoms with Crippen molar-refractivity contribution in [3.05, 3.63) is 70.6 Å². The van der Waals surface area contributed by atoms with Crippen molar-refractivity contribution < 1.29 is 23.5 Å². The molecule has 1 aliphatic heterocycles. The Kier molecular flexibility index (Phi) is 5.01. The summed E-state index contributed by atoms with van der Waals surface area (Å²) in [5, 5.41) is 0. The predicted molar refractivity (Wildman–Crippen MR) is 105 cm³/mol. The van der Waals surface area contributed by atoms with Crippen LogP contribution in [0.25, 0.3) is 0 Å². The highest BCUT2D eigenvalue weighted by Gasteiger charge is 2.40. The van der Waals surface area contributed by atoms with Crippen molar-refractivity contribution in [2.45, 2.75) is 32.6 Å². The van der Waals surface area contributed by atoms with Gasteiger partial charge in [0.15, 0.2) is 18.2 Å². The zero-order chi connectivity index (χ0) is 20.5. The first-order valence-corrected chi connectivity index (χ1v) is 9.59. The molecule has 0 N–H and O–H groups in total. The van der Waals surface area contributed by atoms with E-state index in [1.165, 1.54) is 12.1 Å². The SMILES string of the molecule is Cc1ccc(C(=O)COc2ccc(N3C(=O)C4=C(CCCC4)C3=O)c(F)c2)cc1. The van der Waals surface area contributed by atoms with Gasteiger partial charge in [0, 0.05) is 22.8 Å². The van der Waals surface area contributed by atoms with Gasteiger partial charge in [-0.2, -0.15) is 0 Å². The Balaban J connectivity index is 1.47. The van der Waals surface area contributed by atoms with Crippen LogP contribution in [0.4, 0.5) is 10.1 Å². The molecule has 2 aliphatic rings. The monoisotopic (exact) mass is 393 g/mol. The number of ketones is 1. The van der Waals surface area contributed by atoms with E-state index in [1.54, 1.807) is 12.1 Å². The summed E-state index contributed by atoms with van der Waals surface area (Å²) in [7, 11) is 0. The molecule has 0 atom stereocenters. The molecule has 0 unspecified atom stereocenters. The second-order valence-corrected chi connectivity index (χ2v) is 7.30. The zero-order valence-electron chi connectivity index (χ0n) is 16.0. The molecule has 4 rings (SSSR count). The van der Waals surface area contributed by atoms with Crippen LogP contribution in [0.3, 0.4) is 0 Å². The van der Waals surface area contributed by atoms with Crippen molar-refractivity contribution in [2.24, 2.45) is 0 Å². The van der Waals surface area contributed by atoms with E-state index < -0.39 is 17.6 Å². The van der Waals surface area contributed by atoms with E-state index in [0.717, 1.165) is 29.4 Å². The largest absolute Gasteiger partial charge is 0.485 e.